The molecule has 0 amide bonds. The van der Waals surface area contributed by atoms with Crippen LogP contribution in [0.1, 0.15) is 18.9 Å². The van der Waals surface area contributed by atoms with Gasteiger partial charge in [0.05, 0.1) is 0 Å². The van der Waals surface area contributed by atoms with Gasteiger partial charge in [0.25, 0.3) is 0 Å². The van der Waals surface area contributed by atoms with Gasteiger partial charge in [-0.3, -0.25) is 4.90 Å². The van der Waals surface area contributed by atoms with E-state index in [2.05, 4.69) is 27.8 Å². The van der Waals surface area contributed by atoms with Crippen molar-refractivity contribution in [2.75, 3.05) is 11.9 Å². The highest BCUT2D eigenvalue weighted by atomic mass is 79.9. The van der Waals surface area contributed by atoms with Gasteiger partial charge >= 0.3 is 0 Å². The molecule has 0 N–H and O–H groups in total. The molecule has 4 heteroatoms. The van der Waals surface area contributed by atoms with Crippen LogP contribution in [0, 0.1) is 17.6 Å². The number of nitrogens with zero attached hydrogens (tertiary/aromatic N) is 1. The van der Waals surface area contributed by atoms with Crippen molar-refractivity contribution in [2.45, 2.75) is 25.9 Å². The lowest BCUT2D eigenvalue weighted by molar-refractivity contribution is 0.241. The van der Waals surface area contributed by atoms with Crippen LogP contribution < -0.4 is 0 Å². The summed E-state index contributed by atoms with van der Waals surface area (Å²) in [7, 11) is 0. The maximum absolute atomic E-state index is 13.5. The van der Waals surface area contributed by atoms with Crippen molar-refractivity contribution in [2.24, 2.45) is 5.92 Å². The van der Waals surface area contributed by atoms with Crippen molar-refractivity contribution in [3.63, 3.8) is 0 Å². The average molecular weight is 304 g/mol. The Labute approximate surface area is 109 Å². The Kier molecular flexibility index (Phi) is 4.15. The van der Waals surface area contributed by atoms with E-state index in [1.54, 1.807) is 0 Å². The summed E-state index contributed by atoms with van der Waals surface area (Å²) in [5, 5.41) is 0.880. The number of likely N-dealkylation sites (tertiary alicyclic amines) is 1. The minimum Gasteiger partial charge on any atom is -0.295 e. The van der Waals surface area contributed by atoms with E-state index in [4.69, 9.17) is 0 Å². The number of rotatable bonds is 3. The Morgan fingerprint density at radius 2 is 2.18 bits per heavy atom. The van der Waals surface area contributed by atoms with E-state index < -0.39 is 0 Å². The van der Waals surface area contributed by atoms with E-state index in [1.165, 1.54) is 12.1 Å². The summed E-state index contributed by atoms with van der Waals surface area (Å²) in [6.07, 6.45) is 1.12. The molecule has 1 fully saturated rings. The van der Waals surface area contributed by atoms with Crippen LogP contribution in [-0.4, -0.2) is 22.8 Å². The molecular weight excluding hydrogens is 288 g/mol. The maximum Gasteiger partial charge on any atom is 0.127 e. The van der Waals surface area contributed by atoms with E-state index in [1.807, 2.05) is 0 Å². The lowest BCUT2D eigenvalue weighted by atomic mass is 10.0. The molecule has 0 bridgehead atoms. The zero-order valence-electron chi connectivity index (χ0n) is 9.80. The van der Waals surface area contributed by atoms with Crippen LogP contribution in [0.25, 0.3) is 0 Å². The molecule has 1 nitrogen and oxygen atoms in total. The van der Waals surface area contributed by atoms with Crippen LogP contribution in [0.3, 0.4) is 0 Å². The van der Waals surface area contributed by atoms with Crippen LogP contribution in [0.4, 0.5) is 8.78 Å². The number of benzene rings is 1. The van der Waals surface area contributed by atoms with Gasteiger partial charge in [-0.2, -0.15) is 0 Å². The van der Waals surface area contributed by atoms with Crippen molar-refractivity contribution in [1.82, 2.24) is 4.90 Å². The molecule has 2 atom stereocenters. The SMILES string of the molecule is CC1CCN(Cc2cc(F)ccc2F)C1CBr. The van der Waals surface area contributed by atoms with E-state index in [-0.39, 0.29) is 11.6 Å². The second-order valence-corrected chi connectivity index (χ2v) is 5.34. The number of hydrogen-bond acceptors (Lipinski definition) is 1. The molecule has 0 aliphatic carbocycles. The van der Waals surface area contributed by atoms with Crippen LogP contribution in [0.2, 0.25) is 0 Å². The first-order chi connectivity index (χ1) is 8.11. The zero-order valence-corrected chi connectivity index (χ0v) is 11.4. The third-order valence-electron chi connectivity index (χ3n) is 3.54. The van der Waals surface area contributed by atoms with Gasteiger partial charge < -0.3 is 0 Å². The Hall–Kier alpha value is -0.480. The Morgan fingerprint density at radius 3 is 2.88 bits per heavy atom. The third-order valence-corrected chi connectivity index (χ3v) is 4.20. The van der Waals surface area contributed by atoms with Crippen LogP contribution in [0.5, 0.6) is 0 Å². The molecule has 0 saturated carbocycles. The van der Waals surface area contributed by atoms with Crippen molar-refractivity contribution in [1.29, 1.82) is 0 Å². The standard InChI is InChI=1S/C13H16BrF2N/c1-9-4-5-17(13(9)7-14)8-10-6-11(15)2-3-12(10)16/h2-3,6,9,13H,4-5,7-8H2,1H3. The van der Waals surface area contributed by atoms with E-state index in [9.17, 15) is 8.78 Å². The quantitative estimate of drug-likeness (QED) is 0.772. The molecule has 1 aromatic carbocycles. The van der Waals surface area contributed by atoms with Gasteiger partial charge in [0, 0.05) is 23.5 Å². The van der Waals surface area contributed by atoms with Crippen molar-refractivity contribution >= 4 is 15.9 Å². The first-order valence-electron chi connectivity index (χ1n) is 5.85. The molecule has 1 aromatic rings. The highest BCUT2D eigenvalue weighted by Gasteiger charge is 2.30. The normalized spacial score (nSPS) is 25.4. The van der Waals surface area contributed by atoms with Crippen LogP contribution in [-0.2, 0) is 6.54 Å². The van der Waals surface area contributed by atoms with Gasteiger partial charge in [-0.15, -0.1) is 0 Å². The molecule has 1 saturated heterocycles. The van der Waals surface area contributed by atoms with Crippen molar-refractivity contribution in [3.8, 4) is 0 Å². The summed E-state index contributed by atoms with van der Waals surface area (Å²) < 4.78 is 26.6. The Balaban J connectivity index is 2.12. The first-order valence-corrected chi connectivity index (χ1v) is 6.98. The third kappa shape index (κ3) is 2.86. The van der Waals surface area contributed by atoms with Gasteiger partial charge in [-0.25, -0.2) is 8.78 Å². The monoisotopic (exact) mass is 303 g/mol. The molecule has 0 spiro atoms. The van der Waals surface area contributed by atoms with Gasteiger partial charge in [-0.1, -0.05) is 22.9 Å². The number of hydrogen-bond donors (Lipinski definition) is 0. The van der Waals surface area contributed by atoms with Gasteiger partial charge in [0.2, 0.25) is 0 Å². The fourth-order valence-corrected chi connectivity index (χ4v) is 3.46. The molecule has 0 radical (unpaired) electrons. The van der Waals surface area contributed by atoms with E-state index in [0.717, 1.165) is 24.4 Å². The summed E-state index contributed by atoms with van der Waals surface area (Å²) in [4.78, 5) is 2.22. The lowest BCUT2D eigenvalue weighted by Gasteiger charge is -2.25. The minimum atomic E-state index is -0.371. The largest absolute Gasteiger partial charge is 0.295 e. The van der Waals surface area contributed by atoms with Gasteiger partial charge in [0.15, 0.2) is 0 Å². The fraction of sp³-hybridized carbons (Fsp3) is 0.538. The average Bonchev–Trinajstić information content (AvgIpc) is 2.64. The summed E-state index contributed by atoms with van der Waals surface area (Å²) in [6, 6.07) is 4.07. The fourth-order valence-electron chi connectivity index (χ4n) is 2.42. The molecule has 0 aromatic heterocycles. The second kappa shape index (κ2) is 5.44. The Morgan fingerprint density at radius 1 is 1.41 bits per heavy atom. The van der Waals surface area contributed by atoms with Crippen molar-refractivity contribution < 1.29 is 8.78 Å². The maximum atomic E-state index is 13.5. The lowest BCUT2D eigenvalue weighted by Crippen LogP contribution is -2.33. The molecule has 2 unspecified atom stereocenters. The van der Waals surface area contributed by atoms with E-state index in [0.29, 0.717) is 24.1 Å². The molecule has 1 aliphatic heterocycles. The predicted octanol–water partition coefficient (Wildman–Crippen LogP) is 3.57. The summed E-state index contributed by atoms with van der Waals surface area (Å²) in [6.45, 7) is 3.64. The molecular formula is C13H16BrF2N. The minimum absolute atomic E-state index is 0.320. The Bertz CT molecular complexity index is 397. The van der Waals surface area contributed by atoms with Crippen molar-refractivity contribution in [3.05, 3.63) is 35.4 Å². The summed E-state index contributed by atoms with van der Waals surface area (Å²) in [5.74, 6) is -0.0886. The first kappa shape index (κ1) is 13.0. The van der Waals surface area contributed by atoms with E-state index >= 15 is 0 Å². The zero-order chi connectivity index (χ0) is 12.4. The molecule has 1 aliphatic rings. The number of alkyl halides is 1. The predicted molar refractivity (Wildman–Crippen MR) is 68.1 cm³/mol. The molecule has 2 rings (SSSR count). The highest BCUT2D eigenvalue weighted by Crippen LogP contribution is 2.27. The van der Waals surface area contributed by atoms with Crippen LogP contribution >= 0.6 is 15.9 Å². The van der Waals surface area contributed by atoms with Gasteiger partial charge in [-0.05, 0) is 37.1 Å². The molecule has 17 heavy (non-hydrogen) atoms. The highest BCUT2D eigenvalue weighted by molar-refractivity contribution is 9.09. The van der Waals surface area contributed by atoms with Gasteiger partial charge in [0.1, 0.15) is 11.6 Å². The molecule has 1 heterocycles. The topological polar surface area (TPSA) is 3.24 Å². The summed E-state index contributed by atoms with van der Waals surface area (Å²) in [5.41, 5.74) is 0.449. The summed E-state index contributed by atoms with van der Waals surface area (Å²) >= 11 is 3.49. The smallest absolute Gasteiger partial charge is 0.127 e. The second-order valence-electron chi connectivity index (χ2n) is 4.69. The number of halogens is 3. The molecule has 94 valence electrons. The van der Waals surface area contributed by atoms with Crippen LogP contribution in [0.15, 0.2) is 18.2 Å².